The van der Waals surface area contributed by atoms with Gasteiger partial charge < -0.3 is 14.5 Å². The Morgan fingerprint density at radius 2 is 2.26 bits per heavy atom. The fourth-order valence-electron chi connectivity index (χ4n) is 2.53. The van der Waals surface area contributed by atoms with E-state index in [9.17, 15) is 4.79 Å². The van der Waals surface area contributed by atoms with Crippen molar-refractivity contribution in [2.24, 2.45) is 0 Å². The Bertz CT molecular complexity index is 638. The molecule has 1 amide bonds. The predicted molar refractivity (Wildman–Crippen MR) is 88.5 cm³/mol. The average Bonchev–Trinajstić information content (AvgIpc) is 3.24. The number of nitrogens with one attached hydrogen (secondary N) is 1. The summed E-state index contributed by atoms with van der Waals surface area (Å²) in [5.41, 5.74) is 0.341. The van der Waals surface area contributed by atoms with Crippen LogP contribution in [0.3, 0.4) is 0 Å². The molecule has 0 saturated carbocycles. The van der Waals surface area contributed by atoms with E-state index in [0.29, 0.717) is 24.6 Å². The zero-order valence-electron chi connectivity index (χ0n) is 13.0. The lowest BCUT2D eigenvalue weighted by atomic mass is 10.1. The number of thioether (sulfide) groups is 1. The lowest BCUT2D eigenvalue weighted by Crippen LogP contribution is -2.30. The van der Waals surface area contributed by atoms with Crippen molar-refractivity contribution in [2.75, 3.05) is 13.2 Å². The van der Waals surface area contributed by atoms with Crippen LogP contribution in [0.2, 0.25) is 0 Å². The van der Waals surface area contributed by atoms with Crippen LogP contribution < -0.4 is 5.32 Å². The first kappa shape index (κ1) is 16.1. The summed E-state index contributed by atoms with van der Waals surface area (Å²) >= 11 is 1.73. The van der Waals surface area contributed by atoms with Crippen LogP contribution in [0.5, 0.6) is 0 Å². The van der Waals surface area contributed by atoms with Gasteiger partial charge >= 0.3 is 0 Å². The van der Waals surface area contributed by atoms with Gasteiger partial charge in [0.25, 0.3) is 5.91 Å². The van der Waals surface area contributed by atoms with E-state index in [1.54, 1.807) is 11.8 Å². The molecule has 1 fully saturated rings. The Labute approximate surface area is 139 Å². The van der Waals surface area contributed by atoms with Crippen molar-refractivity contribution >= 4 is 17.7 Å². The topological polar surface area (TPSA) is 64.4 Å². The maximum Gasteiger partial charge on any atom is 0.273 e. The number of nitrogens with zero attached hydrogens (tertiary/aromatic N) is 1. The lowest BCUT2D eigenvalue weighted by Gasteiger charge is -2.13. The second kappa shape index (κ2) is 7.66. The zero-order valence-corrected chi connectivity index (χ0v) is 13.8. The molecule has 3 rings (SSSR count). The van der Waals surface area contributed by atoms with Gasteiger partial charge in [0.1, 0.15) is 6.10 Å². The fourth-order valence-corrected chi connectivity index (χ4v) is 3.48. The number of carbonyl (C=O) groups excluding carboxylic acids is 1. The summed E-state index contributed by atoms with van der Waals surface area (Å²) in [7, 11) is 0. The Balaban J connectivity index is 1.54. The highest BCUT2D eigenvalue weighted by atomic mass is 32.2. The van der Waals surface area contributed by atoms with Gasteiger partial charge in [-0.2, -0.15) is 0 Å². The SMILES string of the molecule is C[C@@H](CNC(=O)c1ncoc1[C@@H]1CCCO1)Sc1ccccc1. The Hall–Kier alpha value is -1.79. The summed E-state index contributed by atoms with van der Waals surface area (Å²) in [6, 6.07) is 10.1. The molecule has 1 aliphatic rings. The van der Waals surface area contributed by atoms with Crippen molar-refractivity contribution in [3.05, 3.63) is 48.2 Å². The molecule has 2 atom stereocenters. The molecule has 5 nitrogen and oxygen atoms in total. The highest BCUT2D eigenvalue weighted by molar-refractivity contribution is 8.00. The molecule has 0 unspecified atom stereocenters. The van der Waals surface area contributed by atoms with Crippen LogP contribution in [-0.2, 0) is 4.74 Å². The first-order valence-corrected chi connectivity index (χ1v) is 8.67. The quantitative estimate of drug-likeness (QED) is 0.821. The molecule has 122 valence electrons. The van der Waals surface area contributed by atoms with Crippen molar-refractivity contribution < 1.29 is 13.9 Å². The maximum atomic E-state index is 12.3. The minimum Gasteiger partial charge on any atom is -0.445 e. The third kappa shape index (κ3) is 4.14. The smallest absolute Gasteiger partial charge is 0.273 e. The molecule has 2 aromatic rings. The van der Waals surface area contributed by atoms with E-state index in [1.165, 1.54) is 11.3 Å². The van der Waals surface area contributed by atoms with Crippen molar-refractivity contribution in [2.45, 2.75) is 36.0 Å². The van der Waals surface area contributed by atoms with E-state index in [2.05, 4.69) is 29.4 Å². The monoisotopic (exact) mass is 332 g/mol. The first-order valence-electron chi connectivity index (χ1n) is 7.79. The molecule has 0 bridgehead atoms. The van der Waals surface area contributed by atoms with Crippen LogP contribution in [0.1, 0.15) is 42.1 Å². The summed E-state index contributed by atoms with van der Waals surface area (Å²) in [4.78, 5) is 17.6. The van der Waals surface area contributed by atoms with Crippen molar-refractivity contribution in [3.63, 3.8) is 0 Å². The molecular weight excluding hydrogens is 312 g/mol. The van der Waals surface area contributed by atoms with E-state index in [-0.39, 0.29) is 17.3 Å². The minimum atomic E-state index is -0.204. The summed E-state index contributed by atoms with van der Waals surface area (Å²) in [6.45, 7) is 3.36. The average molecular weight is 332 g/mol. The van der Waals surface area contributed by atoms with Gasteiger partial charge in [-0.15, -0.1) is 11.8 Å². The van der Waals surface area contributed by atoms with Crippen LogP contribution in [0.25, 0.3) is 0 Å². The minimum absolute atomic E-state index is 0.144. The number of hydrogen-bond acceptors (Lipinski definition) is 5. The summed E-state index contributed by atoms with van der Waals surface area (Å²) in [6.07, 6.45) is 3.02. The number of benzene rings is 1. The van der Waals surface area contributed by atoms with E-state index in [4.69, 9.17) is 9.15 Å². The normalized spacial score (nSPS) is 18.7. The number of amides is 1. The van der Waals surface area contributed by atoms with Crippen LogP contribution in [0, 0.1) is 0 Å². The van der Waals surface area contributed by atoms with Gasteiger partial charge in [0.05, 0.1) is 0 Å². The van der Waals surface area contributed by atoms with Gasteiger partial charge in [-0.05, 0) is 25.0 Å². The molecule has 6 heteroatoms. The molecule has 0 spiro atoms. The third-order valence-electron chi connectivity index (χ3n) is 3.66. The zero-order chi connectivity index (χ0) is 16.1. The van der Waals surface area contributed by atoms with Crippen molar-refractivity contribution in [1.29, 1.82) is 0 Å². The predicted octanol–water partition coefficient (Wildman–Crippen LogP) is 3.44. The van der Waals surface area contributed by atoms with Gasteiger partial charge in [-0.25, -0.2) is 4.98 Å². The first-order chi connectivity index (χ1) is 11.2. The Kier molecular flexibility index (Phi) is 5.35. The third-order valence-corrected chi connectivity index (χ3v) is 4.78. The second-order valence-corrected chi connectivity index (χ2v) is 7.03. The molecule has 1 aromatic carbocycles. The summed E-state index contributed by atoms with van der Waals surface area (Å²) < 4.78 is 10.9. The Morgan fingerprint density at radius 1 is 1.43 bits per heavy atom. The second-order valence-electron chi connectivity index (χ2n) is 5.52. The van der Waals surface area contributed by atoms with Gasteiger partial charge in [0, 0.05) is 23.3 Å². The number of carbonyl (C=O) groups is 1. The van der Waals surface area contributed by atoms with E-state index in [1.807, 2.05) is 18.2 Å². The van der Waals surface area contributed by atoms with E-state index < -0.39 is 0 Å². The fraction of sp³-hybridized carbons (Fsp3) is 0.412. The summed E-state index contributed by atoms with van der Waals surface area (Å²) in [5.74, 6) is 0.341. The molecule has 2 heterocycles. The van der Waals surface area contributed by atoms with Crippen molar-refractivity contribution in [1.82, 2.24) is 10.3 Å². The van der Waals surface area contributed by atoms with Crippen LogP contribution in [-0.4, -0.2) is 29.3 Å². The number of oxazole rings is 1. The molecule has 1 saturated heterocycles. The highest BCUT2D eigenvalue weighted by Crippen LogP contribution is 2.30. The highest BCUT2D eigenvalue weighted by Gasteiger charge is 2.27. The standard InChI is InChI=1S/C17H20N2O3S/c1-12(23-13-6-3-2-4-7-13)10-18-17(20)15-16(22-11-19-15)14-8-5-9-21-14/h2-4,6-7,11-12,14H,5,8-10H2,1H3,(H,18,20)/t12-,14-/m0/s1. The van der Waals surface area contributed by atoms with Gasteiger partial charge in [-0.3, -0.25) is 4.79 Å². The van der Waals surface area contributed by atoms with Gasteiger partial charge in [0.2, 0.25) is 0 Å². The molecular formula is C17H20N2O3S. The molecule has 1 aliphatic heterocycles. The molecule has 1 aromatic heterocycles. The van der Waals surface area contributed by atoms with E-state index >= 15 is 0 Å². The molecule has 1 N–H and O–H groups in total. The number of ether oxygens (including phenoxy) is 1. The lowest BCUT2D eigenvalue weighted by molar-refractivity contribution is 0.0862. The molecule has 0 radical (unpaired) electrons. The van der Waals surface area contributed by atoms with Crippen LogP contribution in [0.4, 0.5) is 0 Å². The van der Waals surface area contributed by atoms with E-state index in [0.717, 1.165) is 12.8 Å². The van der Waals surface area contributed by atoms with Gasteiger partial charge in [0.15, 0.2) is 17.8 Å². The number of rotatable bonds is 6. The van der Waals surface area contributed by atoms with Gasteiger partial charge in [-0.1, -0.05) is 25.1 Å². The maximum absolute atomic E-state index is 12.3. The largest absolute Gasteiger partial charge is 0.445 e. The Morgan fingerprint density at radius 3 is 3.00 bits per heavy atom. The molecule has 23 heavy (non-hydrogen) atoms. The van der Waals surface area contributed by atoms with Crippen molar-refractivity contribution in [3.8, 4) is 0 Å². The summed E-state index contributed by atoms with van der Waals surface area (Å²) in [5, 5.41) is 3.19. The number of aromatic nitrogens is 1. The molecule has 0 aliphatic carbocycles. The van der Waals surface area contributed by atoms with Crippen LogP contribution >= 0.6 is 11.8 Å². The number of hydrogen-bond donors (Lipinski definition) is 1. The van der Waals surface area contributed by atoms with Crippen LogP contribution in [0.15, 0.2) is 46.0 Å².